The van der Waals surface area contributed by atoms with Gasteiger partial charge in [-0.05, 0) is 24.3 Å². The van der Waals surface area contributed by atoms with Gasteiger partial charge in [0, 0.05) is 12.4 Å². The number of rotatable bonds is 3. The number of nitrogens with one attached hydrogen (secondary N) is 1. The molecule has 0 spiro atoms. The van der Waals surface area contributed by atoms with Crippen molar-refractivity contribution >= 4 is 23.1 Å². The van der Waals surface area contributed by atoms with Crippen LogP contribution in [0, 0.1) is 0 Å². The molecular weight excluding hydrogens is 232 g/mol. The molecule has 0 amide bonds. The summed E-state index contributed by atoms with van der Waals surface area (Å²) in [5, 5.41) is 2.96. The maximum atomic E-state index is 5.49. The zero-order valence-corrected chi connectivity index (χ0v) is 9.62. The number of pyridine rings is 2. The van der Waals surface area contributed by atoms with Crippen LogP contribution in [0.4, 0.5) is 11.8 Å². The monoisotopic (exact) mass is 242 g/mol. The van der Waals surface area contributed by atoms with Crippen LogP contribution in [-0.4, -0.2) is 22.1 Å². The standard InChI is InChI=1S/C12H10N4O2/c1-17-8-4-2-6-13-10(8)15-12-16-11-9(18-12)5-3-7-14-11/h2-7H,1H3,(H,13,14,15,16). The van der Waals surface area contributed by atoms with Crippen LogP contribution < -0.4 is 10.1 Å². The van der Waals surface area contributed by atoms with E-state index in [0.717, 1.165) is 0 Å². The summed E-state index contributed by atoms with van der Waals surface area (Å²) in [6.45, 7) is 0. The number of hydrogen-bond acceptors (Lipinski definition) is 6. The summed E-state index contributed by atoms with van der Waals surface area (Å²) < 4.78 is 10.7. The Labute approximate surface area is 103 Å². The molecule has 3 rings (SSSR count). The molecule has 90 valence electrons. The van der Waals surface area contributed by atoms with Crippen molar-refractivity contribution in [1.29, 1.82) is 0 Å². The lowest BCUT2D eigenvalue weighted by Gasteiger charge is -2.05. The van der Waals surface area contributed by atoms with Gasteiger partial charge in [-0.3, -0.25) is 5.32 Å². The molecule has 0 atom stereocenters. The Bertz CT molecular complexity index is 647. The van der Waals surface area contributed by atoms with Crippen LogP contribution in [-0.2, 0) is 0 Å². The number of anilines is 2. The number of oxazole rings is 1. The first-order chi connectivity index (χ1) is 8.86. The Morgan fingerprint density at radius 2 is 2.00 bits per heavy atom. The number of aromatic nitrogens is 3. The highest BCUT2D eigenvalue weighted by Gasteiger charge is 2.09. The molecule has 6 nitrogen and oxygen atoms in total. The number of hydrogen-bond donors (Lipinski definition) is 1. The molecule has 1 N–H and O–H groups in total. The highest BCUT2D eigenvalue weighted by molar-refractivity contribution is 5.70. The van der Waals surface area contributed by atoms with E-state index in [9.17, 15) is 0 Å². The molecule has 6 heteroatoms. The summed E-state index contributed by atoms with van der Waals surface area (Å²) in [4.78, 5) is 12.4. The van der Waals surface area contributed by atoms with Crippen LogP contribution in [0.2, 0.25) is 0 Å². The van der Waals surface area contributed by atoms with E-state index in [1.165, 1.54) is 0 Å². The Morgan fingerprint density at radius 1 is 1.17 bits per heavy atom. The van der Waals surface area contributed by atoms with Crippen molar-refractivity contribution in [2.75, 3.05) is 12.4 Å². The average molecular weight is 242 g/mol. The molecule has 0 bridgehead atoms. The molecule has 3 aromatic rings. The summed E-state index contributed by atoms with van der Waals surface area (Å²) >= 11 is 0. The third kappa shape index (κ3) is 1.84. The molecular formula is C12H10N4O2. The number of fused-ring (bicyclic) bond motifs is 1. The van der Waals surface area contributed by atoms with Gasteiger partial charge >= 0.3 is 6.01 Å². The van der Waals surface area contributed by atoms with E-state index in [-0.39, 0.29) is 0 Å². The van der Waals surface area contributed by atoms with Crippen LogP contribution in [0.25, 0.3) is 11.2 Å². The predicted octanol–water partition coefficient (Wildman–Crippen LogP) is 2.37. The number of methoxy groups -OCH3 is 1. The van der Waals surface area contributed by atoms with Gasteiger partial charge in [0.1, 0.15) is 0 Å². The molecule has 18 heavy (non-hydrogen) atoms. The van der Waals surface area contributed by atoms with Gasteiger partial charge in [0.05, 0.1) is 7.11 Å². The van der Waals surface area contributed by atoms with Crippen LogP contribution in [0.15, 0.2) is 41.1 Å². The Morgan fingerprint density at radius 3 is 2.83 bits per heavy atom. The molecule has 0 saturated heterocycles. The van der Waals surface area contributed by atoms with Gasteiger partial charge in [-0.1, -0.05) is 0 Å². The van der Waals surface area contributed by atoms with Gasteiger partial charge in [0.15, 0.2) is 17.2 Å². The summed E-state index contributed by atoms with van der Waals surface area (Å²) in [6.07, 6.45) is 3.32. The fraction of sp³-hybridized carbons (Fsp3) is 0.0833. The first-order valence-electron chi connectivity index (χ1n) is 5.34. The van der Waals surface area contributed by atoms with E-state index >= 15 is 0 Å². The quantitative estimate of drug-likeness (QED) is 0.760. The molecule has 0 aliphatic heterocycles. The summed E-state index contributed by atoms with van der Waals surface area (Å²) in [5.41, 5.74) is 1.17. The second-order valence-corrected chi connectivity index (χ2v) is 3.52. The first-order valence-corrected chi connectivity index (χ1v) is 5.34. The summed E-state index contributed by atoms with van der Waals surface area (Å²) in [6, 6.07) is 7.52. The maximum absolute atomic E-state index is 5.49. The lowest BCUT2D eigenvalue weighted by Crippen LogP contribution is -1.96. The molecule has 0 saturated carbocycles. The highest BCUT2D eigenvalue weighted by atomic mass is 16.5. The average Bonchev–Trinajstić information content (AvgIpc) is 2.81. The molecule has 0 aliphatic rings. The van der Waals surface area contributed by atoms with Gasteiger partial charge in [-0.25, -0.2) is 9.97 Å². The molecule has 0 fully saturated rings. The zero-order valence-electron chi connectivity index (χ0n) is 9.62. The van der Waals surface area contributed by atoms with Crippen molar-refractivity contribution in [2.45, 2.75) is 0 Å². The summed E-state index contributed by atoms with van der Waals surface area (Å²) in [5.74, 6) is 1.17. The third-order valence-corrected chi connectivity index (χ3v) is 2.38. The minimum absolute atomic E-state index is 0.334. The SMILES string of the molecule is COc1cccnc1Nc1nc2ncccc2o1. The van der Waals surface area contributed by atoms with Crippen LogP contribution >= 0.6 is 0 Å². The minimum atomic E-state index is 0.334. The van der Waals surface area contributed by atoms with Gasteiger partial charge in [0.25, 0.3) is 0 Å². The van der Waals surface area contributed by atoms with Gasteiger partial charge in [-0.15, -0.1) is 0 Å². The van der Waals surface area contributed by atoms with Crippen molar-refractivity contribution in [2.24, 2.45) is 0 Å². The van der Waals surface area contributed by atoms with Crippen molar-refractivity contribution in [3.63, 3.8) is 0 Å². The van der Waals surface area contributed by atoms with E-state index in [2.05, 4.69) is 20.3 Å². The topological polar surface area (TPSA) is 73.1 Å². The molecule has 3 heterocycles. The second kappa shape index (κ2) is 4.33. The lowest BCUT2D eigenvalue weighted by molar-refractivity contribution is 0.415. The Kier molecular flexibility index (Phi) is 2.53. The fourth-order valence-electron chi connectivity index (χ4n) is 1.57. The van der Waals surface area contributed by atoms with Crippen LogP contribution in [0.5, 0.6) is 5.75 Å². The van der Waals surface area contributed by atoms with E-state index in [4.69, 9.17) is 9.15 Å². The Balaban J connectivity index is 1.96. The molecule has 3 aromatic heterocycles. The smallest absolute Gasteiger partial charge is 0.303 e. The van der Waals surface area contributed by atoms with Gasteiger partial charge < -0.3 is 9.15 Å². The fourth-order valence-corrected chi connectivity index (χ4v) is 1.57. The van der Waals surface area contributed by atoms with Crippen molar-refractivity contribution in [1.82, 2.24) is 15.0 Å². The number of ether oxygens (including phenoxy) is 1. The van der Waals surface area contributed by atoms with Crippen LogP contribution in [0.1, 0.15) is 0 Å². The van der Waals surface area contributed by atoms with Crippen LogP contribution in [0.3, 0.4) is 0 Å². The first kappa shape index (κ1) is 10.5. The van der Waals surface area contributed by atoms with Crippen molar-refractivity contribution < 1.29 is 9.15 Å². The molecule has 0 aliphatic carbocycles. The Hall–Kier alpha value is -2.63. The van der Waals surface area contributed by atoms with E-state index in [1.807, 2.05) is 0 Å². The minimum Gasteiger partial charge on any atom is -0.493 e. The number of nitrogens with zero attached hydrogens (tertiary/aromatic N) is 3. The van der Waals surface area contributed by atoms with E-state index < -0.39 is 0 Å². The van der Waals surface area contributed by atoms with Crippen molar-refractivity contribution in [3.05, 3.63) is 36.7 Å². The molecule has 0 unspecified atom stereocenters. The lowest BCUT2D eigenvalue weighted by atomic mass is 10.4. The van der Waals surface area contributed by atoms with Crippen molar-refractivity contribution in [3.8, 4) is 5.75 Å². The highest BCUT2D eigenvalue weighted by Crippen LogP contribution is 2.25. The zero-order chi connectivity index (χ0) is 12.4. The largest absolute Gasteiger partial charge is 0.493 e. The van der Waals surface area contributed by atoms with E-state index in [0.29, 0.717) is 28.8 Å². The molecule has 0 aromatic carbocycles. The third-order valence-electron chi connectivity index (χ3n) is 2.38. The van der Waals surface area contributed by atoms with Gasteiger partial charge in [0.2, 0.25) is 5.65 Å². The maximum Gasteiger partial charge on any atom is 0.303 e. The predicted molar refractivity (Wildman–Crippen MR) is 65.9 cm³/mol. The second-order valence-electron chi connectivity index (χ2n) is 3.52. The molecule has 0 radical (unpaired) electrons. The van der Waals surface area contributed by atoms with E-state index in [1.54, 1.807) is 43.8 Å². The van der Waals surface area contributed by atoms with Gasteiger partial charge in [-0.2, -0.15) is 4.98 Å². The normalized spacial score (nSPS) is 10.5. The summed E-state index contributed by atoms with van der Waals surface area (Å²) in [7, 11) is 1.58.